The molecule has 2 rings (SSSR count). The van der Waals surface area contributed by atoms with Gasteiger partial charge in [0.1, 0.15) is 0 Å². The Hall–Kier alpha value is 0.360. The maximum Gasteiger partial charge on any atom is 0.0298 e. The number of thioether (sulfide) groups is 2. The Morgan fingerprint density at radius 2 is 2.05 bits per heavy atom. The summed E-state index contributed by atoms with van der Waals surface area (Å²) in [6.45, 7) is 4.71. The van der Waals surface area contributed by atoms with Crippen molar-refractivity contribution in [3.05, 3.63) is 34.3 Å². The van der Waals surface area contributed by atoms with E-state index in [1.165, 1.54) is 15.8 Å². The monoisotopic (exact) mass is 359 g/mol. The molecule has 0 amide bonds. The maximum absolute atomic E-state index is 3.66. The normalized spacial score (nSPS) is 29.2. The second kappa shape index (κ2) is 7.39. The molecule has 1 aromatic rings. The van der Waals surface area contributed by atoms with E-state index in [1.54, 1.807) is 0 Å². The molecular weight excluding hydrogens is 338 g/mol. The molecule has 1 heterocycles. The number of likely N-dealkylation sites (N-methyl/N-ethyl adjacent to an activating group) is 1. The van der Waals surface area contributed by atoms with Crippen molar-refractivity contribution in [1.29, 1.82) is 0 Å². The van der Waals surface area contributed by atoms with Crippen LogP contribution in [0.5, 0.6) is 0 Å². The van der Waals surface area contributed by atoms with E-state index in [0.717, 1.165) is 16.9 Å². The average molecular weight is 360 g/mol. The van der Waals surface area contributed by atoms with E-state index in [2.05, 4.69) is 89.9 Å². The van der Waals surface area contributed by atoms with Gasteiger partial charge in [-0.1, -0.05) is 48.0 Å². The van der Waals surface area contributed by atoms with Gasteiger partial charge < -0.3 is 5.32 Å². The molecule has 0 bridgehead atoms. The second-order valence-electron chi connectivity index (χ2n) is 5.11. The van der Waals surface area contributed by atoms with E-state index in [9.17, 15) is 0 Å². The molecule has 1 fully saturated rings. The van der Waals surface area contributed by atoms with E-state index >= 15 is 0 Å². The van der Waals surface area contributed by atoms with Crippen LogP contribution in [0.15, 0.2) is 28.7 Å². The number of hydrogen-bond acceptors (Lipinski definition) is 3. The molecule has 0 saturated carbocycles. The lowest BCUT2D eigenvalue weighted by Gasteiger charge is -2.36. The quantitative estimate of drug-likeness (QED) is 0.864. The van der Waals surface area contributed by atoms with Gasteiger partial charge in [-0.3, -0.25) is 0 Å². The van der Waals surface area contributed by atoms with Crippen LogP contribution in [0.1, 0.15) is 19.4 Å². The zero-order chi connectivity index (χ0) is 13.8. The summed E-state index contributed by atoms with van der Waals surface area (Å²) < 4.78 is 1.23. The van der Waals surface area contributed by atoms with Gasteiger partial charge in [0, 0.05) is 32.0 Å². The van der Waals surface area contributed by atoms with Gasteiger partial charge in [0.2, 0.25) is 0 Å². The molecule has 0 radical (unpaired) electrons. The van der Waals surface area contributed by atoms with Crippen molar-refractivity contribution in [2.45, 2.75) is 42.1 Å². The Bertz CT molecular complexity index is 413. The van der Waals surface area contributed by atoms with Gasteiger partial charge in [-0.2, -0.15) is 23.5 Å². The first-order valence-corrected chi connectivity index (χ1v) is 9.58. The first-order chi connectivity index (χ1) is 9.11. The van der Waals surface area contributed by atoms with Crippen molar-refractivity contribution in [3.8, 4) is 0 Å². The summed E-state index contributed by atoms with van der Waals surface area (Å²) >= 11 is 7.93. The molecule has 1 aliphatic heterocycles. The van der Waals surface area contributed by atoms with E-state index in [0.29, 0.717) is 11.3 Å². The van der Waals surface area contributed by atoms with Crippen LogP contribution >= 0.6 is 39.5 Å². The van der Waals surface area contributed by atoms with Crippen LogP contribution in [0.25, 0.3) is 0 Å². The number of rotatable bonds is 4. The van der Waals surface area contributed by atoms with Crippen LogP contribution in [-0.2, 0) is 6.42 Å². The van der Waals surface area contributed by atoms with Crippen molar-refractivity contribution < 1.29 is 0 Å². The third kappa shape index (κ3) is 4.16. The highest BCUT2D eigenvalue weighted by molar-refractivity contribution is 9.10. The maximum atomic E-state index is 3.66. The average Bonchev–Trinajstić information content (AvgIpc) is 2.41. The summed E-state index contributed by atoms with van der Waals surface area (Å²) in [7, 11) is 2.09. The fourth-order valence-corrected chi connectivity index (χ4v) is 5.96. The number of benzene rings is 1. The second-order valence-corrected chi connectivity index (χ2v) is 8.99. The van der Waals surface area contributed by atoms with E-state index in [1.807, 2.05) is 0 Å². The van der Waals surface area contributed by atoms with Crippen molar-refractivity contribution in [3.63, 3.8) is 0 Å². The predicted octanol–water partition coefficient (Wildman–Crippen LogP) is 4.21. The number of hydrogen-bond donors (Lipinski definition) is 1. The van der Waals surface area contributed by atoms with Crippen molar-refractivity contribution in [1.82, 2.24) is 5.32 Å². The fraction of sp³-hybridized carbons (Fsp3) is 0.600. The van der Waals surface area contributed by atoms with E-state index < -0.39 is 0 Å². The first-order valence-electron chi connectivity index (χ1n) is 6.79. The fourth-order valence-electron chi connectivity index (χ4n) is 2.34. The number of nitrogens with one attached hydrogen (secondary N) is 1. The van der Waals surface area contributed by atoms with Crippen LogP contribution in [0, 0.1) is 0 Å². The minimum absolute atomic E-state index is 0.547. The van der Waals surface area contributed by atoms with Gasteiger partial charge in [-0.05, 0) is 25.1 Å². The predicted molar refractivity (Wildman–Crippen MR) is 93.5 cm³/mol. The molecule has 1 aromatic carbocycles. The Morgan fingerprint density at radius 3 is 2.68 bits per heavy atom. The molecule has 1 N–H and O–H groups in total. The standard InChI is InChI=1S/C15H22BrNS2/c1-10-11(2)19-15(9-18-10)14(17-3)8-12-6-4-5-7-13(12)16/h4-7,10-11,14-15,17H,8-9H2,1-3H3. The minimum Gasteiger partial charge on any atom is -0.316 e. The van der Waals surface area contributed by atoms with Crippen LogP contribution < -0.4 is 5.32 Å². The first kappa shape index (κ1) is 15.7. The van der Waals surface area contributed by atoms with Crippen molar-refractivity contribution in [2.75, 3.05) is 12.8 Å². The van der Waals surface area contributed by atoms with Gasteiger partial charge >= 0.3 is 0 Å². The van der Waals surface area contributed by atoms with Gasteiger partial charge in [-0.25, -0.2) is 0 Å². The van der Waals surface area contributed by atoms with E-state index in [4.69, 9.17) is 0 Å². The van der Waals surface area contributed by atoms with Gasteiger partial charge in [-0.15, -0.1) is 0 Å². The molecule has 0 aromatic heterocycles. The van der Waals surface area contributed by atoms with Gasteiger partial charge in [0.25, 0.3) is 0 Å². The van der Waals surface area contributed by atoms with Crippen LogP contribution in [-0.4, -0.2) is 34.6 Å². The molecule has 4 atom stereocenters. The lowest BCUT2D eigenvalue weighted by Crippen LogP contribution is -2.43. The van der Waals surface area contributed by atoms with E-state index in [-0.39, 0.29) is 0 Å². The van der Waals surface area contributed by atoms with Crippen LogP contribution in [0.4, 0.5) is 0 Å². The highest BCUT2D eigenvalue weighted by Gasteiger charge is 2.30. The smallest absolute Gasteiger partial charge is 0.0298 e. The summed E-state index contributed by atoms with van der Waals surface area (Å²) in [5.74, 6) is 1.26. The molecule has 1 aliphatic rings. The molecule has 106 valence electrons. The Labute approximate surface area is 133 Å². The third-order valence-electron chi connectivity index (χ3n) is 3.79. The lowest BCUT2D eigenvalue weighted by molar-refractivity contribution is 0.553. The molecule has 0 spiro atoms. The Morgan fingerprint density at radius 1 is 1.32 bits per heavy atom. The summed E-state index contributed by atoms with van der Waals surface area (Å²) in [6, 6.07) is 9.11. The minimum atomic E-state index is 0.547. The van der Waals surface area contributed by atoms with Crippen LogP contribution in [0.2, 0.25) is 0 Å². The molecule has 1 nitrogen and oxygen atoms in total. The lowest BCUT2D eigenvalue weighted by atomic mass is 10.0. The Kier molecular flexibility index (Phi) is 6.12. The topological polar surface area (TPSA) is 12.0 Å². The molecule has 0 aliphatic carbocycles. The molecule has 1 saturated heterocycles. The van der Waals surface area contributed by atoms with Crippen molar-refractivity contribution in [2.24, 2.45) is 0 Å². The summed E-state index contributed by atoms with van der Waals surface area (Å²) in [6.07, 6.45) is 1.09. The molecule has 4 heteroatoms. The summed E-state index contributed by atoms with van der Waals surface area (Å²) in [5, 5.41) is 5.76. The summed E-state index contributed by atoms with van der Waals surface area (Å²) in [5.41, 5.74) is 1.40. The third-order valence-corrected chi connectivity index (χ3v) is 8.12. The van der Waals surface area contributed by atoms with Crippen molar-refractivity contribution >= 4 is 39.5 Å². The zero-order valence-corrected chi connectivity index (χ0v) is 14.9. The highest BCUT2D eigenvalue weighted by atomic mass is 79.9. The van der Waals surface area contributed by atoms with Crippen LogP contribution in [0.3, 0.4) is 0 Å². The van der Waals surface area contributed by atoms with Gasteiger partial charge in [0.05, 0.1) is 0 Å². The largest absolute Gasteiger partial charge is 0.316 e. The molecule has 19 heavy (non-hydrogen) atoms. The Balaban J connectivity index is 2.02. The highest BCUT2D eigenvalue weighted by Crippen LogP contribution is 2.37. The molecular formula is C15H22BrNS2. The summed E-state index contributed by atoms with van der Waals surface area (Å²) in [4.78, 5) is 0. The SMILES string of the molecule is CNC(Cc1ccccc1Br)C1CSC(C)C(C)S1. The molecule has 4 unspecified atom stereocenters. The van der Waals surface area contributed by atoms with Gasteiger partial charge in [0.15, 0.2) is 0 Å². The zero-order valence-electron chi connectivity index (χ0n) is 11.7. The number of halogens is 1.